The second-order valence-corrected chi connectivity index (χ2v) is 4.81. The van der Waals surface area contributed by atoms with Crippen LogP contribution in [0, 0.1) is 0 Å². The quantitative estimate of drug-likeness (QED) is 0.772. The van der Waals surface area contributed by atoms with Gasteiger partial charge < -0.3 is 14.2 Å². The number of hydrogen-bond donors (Lipinski definition) is 0. The van der Waals surface area contributed by atoms with Crippen molar-refractivity contribution >= 4 is 5.97 Å². The summed E-state index contributed by atoms with van der Waals surface area (Å²) in [6.07, 6.45) is 2.08. The number of ether oxygens (including phenoxy) is 3. The molecule has 0 spiro atoms. The molecule has 5 heteroatoms. The van der Waals surface area contributed by atoms with Crippen LogP contribution >= 0.6 is 0 Å². The van der Waals surface area contributed by atoms with Crippen molar-refractivity contribution in [2.24, 2.45) is 0 Å². The number of carbonyl (C=O) groups is 1. The molecule has 0 N–H and O–H groups in total. The molecule has 1 atom stereocenters. The maximum atomic E-state index is 11.5. The Bertz CT molecular complexity index is 475. The Morgan fingerprint density at radius 1 is 1.30 bits per heavy atom. The number of nitrogens with zero attached hydrogens (tertiary/aromatic N) is 1. The van der Waals surface area contributed by atoms with E-state index >= 15 is 0 Å². The Hall–Kier alpha value is -1.75. The zero-order valence-electron chi connectivity index (χ0n) is 12.2. The van der Waals surface area contributed by atoms with Crippen molar-refractivity contribution in [3.8, 4) is 11.5 Å². The van der Waals surface area contributed by atoms with Crippen molar-refractivity contribution < 1.29 is 19.0 Å². The molecule has 20 heavy (non-hydrogen) atoms. The van der Waals surface area contributed by atoms with Crippen LogP contribution in [-0.4, -0.2) is 45.3 Å². The van der Waals surface area contributed by atoms with Gasteiger partial charge in [-0.1, -0.05) is 6.07 Å². The van der Waals surface area contributed by atoms with Gasteiger partial charge in [-0.2, -0.15) is 0 Å². The van der Waals surface area contributed by atoms with Gasteiger partial charge in [0.25, 0.3) is 0 Å². The molecule has 1 saturated heterocycles. The summed E-state index contributed by atoms with van der Waals surface area (Å²) in [6.45, 7) is 1.21. The van der Waals surface area contributed by atoms with Crippen LogP contribution in [-0.2, 0) is 9.53 Å². The van der Waals surface area contributed by atoms with E-state index in [0.29, 0.717) is 6.54 Å². The second-order valence-electron chi connectivity index (χ2n) is 4.81. The van der Waals surface area contributed by atoms with Gasteiger partial charge in [-0.15, -0.1) is 0 Å². The van der Waals surface area contributed by atoms with Crippen LogP contribution in [0.15, 0.2) is 18.2 Å². The highest BCUT2D eigenvalue weighted by Gasteiger charge is 2.30. The van der Waals surface area contributed by atoms with Gasteiger partial charge in [0.15, 0.2) is 0 Å². The number of esters is 1. The summed E-state index contributed by atoms with van der Waals surface area (Å²) in [6, 6.07) is 6.00. The van der Waals surface area contributed by atoms with Crippen LogP contribution in [0.5, 0.6) is 11.5 Å². The summed E-state index contributed by atoms with van der Waals surface area (Å²) >= 11 is 0. The molecule has 1 aliphatic rings. The van der Waals surface area contributed by atoms with Gasteiger partial charge in [0.05, 0.1) is 27.9 Å². The summed E-state index contributed by atoms with van der Waals surface area (Å²) in [5.41, 5.74) is 1.09. The number of benzene rings is 1. The predicted octanol–water partition coefficient (Wildman–Crippen LogP) is 2.01. The molecule has 0 aromatic heterocycles. The lowest BCUT2D eigenvalue weighted by molar-refractivity contribution is -0.142. The first-order chi connectivity index (χ1) is 9.69. The van der Waals surface area contributed by atoms with E-state index in [4.69, 9.17) is 14.2 Å². The van der Waals surface area contributed by atoms with Crippen LogP contribution in [0.2, 0.25) is 0 Å². The molecule has 1 unspecified atom stereocenters. The molecule has 2 rings (SSSR count). The lowest BCUT2D eigenvalue weighted by Crippen LogP contribution is -2.30. The van der Waals surface area contributed by atoms with E-state index in [9.17, 15) is 4.79 Å². The second kappa shape index (κ2) is 6.61. The van der Waals surface area contributed by atoms with Gasteiger partial charge in [0, 0.05) is 17.7 Å². The van der Waals surface area contributed by atoms with Gasteiger partial charge >= 0.3 is 5.97 Å². The van der Waals surface area contributed by atoms with Gasteiger partial charge in [-0.05, 0) is 25.5 Å². The number of likely N-dealkylation sites (tertiary alicyclic amines) is 1. The normalized spacial score (nSPS) is 18.9. The minimum Gasteiger partial charge on any atom is -0.497 e. The fourth-order valence-corrected chi connectivity index (χ4v) is 2.69. The van der Waals surface area contributed by atoms with Crippen LogP contribution in [0.3, 0.4) is 0 Å². The third kappa shape index (κ3) is 3.04. The Balaban J connectivity index is 2.22. The standard InChI is InChI=1S/C15H21NO4/c1-18-11-6-7-12(14(9-11)19-2)13-5-4-8-16(13)10-15(17)20-3/h6-7,9,13H,4-5,8,10H2,1-3H3. The van der Waals surface area contributed by atoms with Crippen LogP contribution in [0.1, 0.15) is 24.4 Å². The Labute approximate surface area is 119 Å². The highest BCUT2D eigenvalue weighted by atomic mass is 16.5. The number of rotatable bonds is 5. The third-order valence-corrected chi connectivity index (χ3v) is 3.72. The summed E-state index contributed by atoms with van der Waals surface area (Å²) < 4.78 is 15.4. The molecule has 1 aromatic carbocycles. The first kappa shape index (κ1) is 14.7. The van der Waals surface area contributed by atoms with Crippen molar-refractivity contribution in [1.82, 2.24) is 4.90 Å². The van der Waals surface area contributed by atoms with Crippen LogP contribution < -0.4 is 9.47 Å². The molecular weight excluding hydrogens is 258 g/mol. The SMILES string of the molecule is COC(=O)CN1CCCC1c1ccc(OC)cc1OC. The van der Waals surface area contributed by atoms with Gasteiger partial charge in [-0.3, -0.25) is 9.69 Å². The molecular formula is C15H21NO4. The first-order valence-electron chi connectivity index (χ1n) is 6.72. The monoisotopic (exact) mass is 279 g/mol. The van der Waals surface area contributed by atoms with E-state index in [1.807, 2.05) is 18.2 Å². The lowest BCUT2D eigenvalue weighted by atomic mass is 10.0. The largest absolute Gasteiger partial charge is 0.497 e. The molecule has 110 valence electrons. The van der Waals surface area contributed by atoms with E-state index in [1.165, 1.54) is 7.11 Å². The van der Waals surface area contributed by atoms with E-state index in [1.54, 1.807) is 14.2 Å². The zero-order chi connectivity index (χ0) is 14.5. The molecule has 0 saturated carbocycles. The minimum absolute atomic E-state index is 0.190. The van der Waals surface area contributed by atoms with Crippen molar-refractivity contribution in [1.29, 1.82) is 0 Å². The lowest BCUT2D eigenvalue weighted by Gasteiger charge is -2.25. The Morgan fingerprint density at radius 3 is 2.75 bits per heavy atom. The molecule has 1 fully saturated rings. The smallest absolute Gasteiger partial charge is 0.319 e. The highest BCUT2D eigenvalue weighted by Crippen LogP contribution is 2.38. The van der Waals surface area contributed by atoms with Gasteiger partial charge in [0.2, 0.25) is 0 Å². The first-order valence-corrected chi connectivity index (χ1v) is 6.72. The highest BCUT2D eigenvalue weighted by molar-refractivity contribution is 5.71. The number of carbonyl (C=O) groups excluding carboxylic acids is 1. The molecule has 5 nitrogen and oxygen atoms in total. The maximum absolute atomic E-state index is 11.5. The van der Waals surface area contributed by atoms with Crippen molar-refractivity contribution in [2.45, 2.75) is 18.9 Å². The van der Waals surface area contributed by atoms with Crippen LogP contribution in [0.25, 0.3) is 0 Å². The van der Waals surface area contributed by atoms with Gasteiger partial charge in [-0.25, -0.2) is 0 Å². The minimum atomic E-state index is -0.204. The van der Waals surface area contributed by atoms with Crippen molar-refractivity contribution in [2.75, 3.05) is 34.4 Å². The van der Waals surface area contributed by atoms with Crippen molar-refractivity contribution in [3.63, 3.8) is 0 Å². The molecule has 0 bridgehead atoms. The Kier molecular flexibility index (Phi) is 4.84. The van der Waals surface area contributed by atoms with Gasteiger partial charge in [0.1, 0.15) is 11.5 Å². The molecule has 1 aromatic rings. The maximum Gasteiger partial charge on any atom is 0.319 e. The van der Waals surface area contributed by atoms with E-state index in [0.717, 1.165) is 36.4 Å². The average molecular weight is 279 g/mol. The van der Waals surface area contributed by atoms with Crippen LogP contribution in [0.4, 0.5) is 0 Å². The predicted molar refractivity (Wildman–Crippen MR) is 75.1 cm³/mol. The average Bonchev–Trinajstić information content (AvgIpc) is 2.94. The third-order valence-electron chi connectivity index (χ3n) is 3.72. The Morgan fingerprint density at radius 2 is 2.10 bits per heavy atom. The summed E-state index contributed by atoms with van der Waals surface area (Å²) in [5, 5.41) is 0. The molecule has 0 radical (unpaired) electrons. The summed E-state index contributed by atoms with van der Waals surface area (Å²) in [7, 11) is 4.70. The number of methoxy groups -OCH3 is 3. The molecule has 0 amide bonds. The fraction of sp³-hybridized carbons (Fsp3) is 0.533. The van der Waals surface area contributed by atoms with Crippen molar-refractivity contribution in [3.05, 3.63) is 23.8 Å². The number of hydrogen-bond acceptors (Lipinski definition) is 5. The summed E-state index contributed by atoms with van der Waals surface area (Å²) in [4.78, 5) is 13.6. The fourth-order valence-electron chi connectivity index (χ4n) is 2.69. The topological polar surface area (TPSA) is 48.0 Å². The zero-order valence-corrected chi connectivity index (χ0v) is 12.2. The molecule has 0 aliphatic carbocycles. The molecule has 1 heterocycles. The van der Waals surface area contributed by atoms with E-state index in [2.05, 4.69) is 4.90 Å². The van der Waals surface area contributed by atoms with E-state index in [-0.39, 0.29) is 12.0 Å². The van der Waals surface area contributed by atoms with E-state index < -0.39 is 0 Å². The summed E-state index contributed by atoms with van der Waals surface area (Å²) in [5.74, 6) is 1.36. The molecule has 1 aliphatic heterocycles.